The van der Waals surface area contributed by atoms with Crippen LogP contribution >= 0.6 is 27.5 Å². The molecule has 2 unspecified atom stereocenters. The van der Waals surface area contributed by atoms with E-state index in [0.29, 0.717) is 11.2 Å². The van der Waals surface area contributed by atoms with Crippen LogP contribution in [-0.4, -0.2) is 15.5 Å². The highest BCUT2D eigenvalue weighted by Gasteiger charge is 2.55. The number of allylic oxidation sites excluding steroid dienone is 2. The van der Waals surface area contributed by atoms with Crippen molar-refractivity contribution in [3.05, 3.63) is 11.6 Å². The van der Waals surface area contributed by atoms with E-state index >= 15 is 0 Å². The van der Waals surface area contributed by atoms with Gasteiger partial charge >= 0.3 is 0 Å². The Morgan fingerprint density at radius 2 is 1.94 bits per heavy atom. The van der Waals surface area contributed by atoms with Gasteiger partial charge in [0, 0.05) is 11.2 Å². The maximum Gasteiger partial charge on any atom is 0.156 e. The standard InChI is InChI=1S/C15H22BrClO/c1-10-7-11(18)8-13(2,3)15(10)6-5-14(4,17)12(16)9-15/h7,12H,5-6,8-9H2,1-4H3/t12?,14?,15-/m0/s1. The molecule has 0 aromatic heterocycles. The molecule has 0 aromatic carbocycles. The Bertz CT molecular complexity index is 411. The van der Waals surface area contributed by atoms with Crippen LogP contribution in [0, 0.1) is 10.8 Å². The lowest BCUT2D eigenvalue weighted by molar-refractivity contribution is -0.120. The first-order valence-electron chi connectivity index (χ1n) is 6.65. The lowest BCUT2D eigenvalue weighted by atomic mass is 9.51. The molecule has 1 saturated carbocycles. The quantitative estimate of drug-likeness (QED) is 0.578. The summed E-state index contributed by atoms with van der Waals surface area (Å²) in [6.45, 7) is 8.70. The van der Waals surface area contributed by atoms with Crippen molar-refractivity contribution in [1.82, 2.24) is 0 Å². The number of carbonyl (C=O) groups excluding carboxylic acids is 1. The fourth-order valence-electron chi connectivity index (χ4n) is 3.78. The molecule has 2 aliphatic carbocycles. The number of rotatable bonds is 0. The van der Waals surface area contributed by atoms with Crippen LogP contribution in [-0.2, 0) is 4.79 Å². The van der Waals surface area contributed by atoms with Crippen molar-refractivity contribution in [2.75, 3.05) is 0 Å². The van der Waals surface area contributed by atoms with Gasteiger partial charge in [-0.25, -0.2) is 0 Å². The second kappa shape index (κ2) is 4.34. The molecular formula is C15H22BrClO. The molecule has 0 bridgehead atoms. The van der Waals surface area contributed by atoms with Gasteiger partial charge in [-0.1, -0.05) is 35.4 Å². The third kappa shape index (κ3) is 2.10. The van der Waals surface area contributed by atoms with Gasteiger partial charge in [-0.3, -0.25) is 4.79 Å². The third-order valence-electron chi connectivity index (χ3n) is 5.27. The summed E-state index contributed by atoms with van der Waals surface area (Å²) in [5.41, 5.74) is 1.41. The fraction of sp³-hybridized carbons (Fsp3) is 0.800. The van der Waals surface area contributed by atoms with Gasteiger partial charge in [0.15, 0.2) is 5.78 Å². The van der Waals surface area contributed by atoms with Crippen LogP contribution in [0.3, 0.4) is 0 Å². The Balaban J connectivity index is 2.42. The van der Waals surface area contributed by atoms with Gasteiger partial charge in [-0.05, 0) is 50.0 Å². The van der Waals surface area contributed by atoms with Crippen LogP contribution in [0.25, 0.3) is 0 Å². The molecule has 18 heavy (non-hydrogen) atoms. The highest BCUT2D eigenvalue weighted by Crippen LogP contribution is 2.61. The monoisotopic (exact) mass is 332 g/mol. The minimum absolute atomic E-state index is 0.0301. The van der Waals surface area contributed by atoms with Gasteiger partial charge in [-0.2, -0.15) is 0 Å². The minimum Gasteiger partial charge on any atom is -0.295 e. The predicted molar refractivity (Wildman–Crippen MR) is 80.4 cm³/mol. The summed E-state index contributed by atoms with van der Waals surface area (Å²) in [4.78, 5) is 11.9. The molecule has 0 aromatic rings. The van der Waals surface area contributed by atoms with E-state index in [1.165, 1.54) is 5.57 Å². The summed E-state index contributed by atoms with van der Waals surface area (Å²) in [7, 11) is 0. The summed E-state index contributed by atoms with van der Waals surface area (Å²) in [5, 5.41) is 0. The van der Waals surface area contributed by atoms with E-state index in [2.05, 4.69) is 43.6 Å². The van der Waals surface area contributed by atoms with Crippen molar-refractivity contribution in [2.24, 2.45) is 10.8 Å². The summed E-state index contributed by atoms with van der Waals surface area (Å²) in [6, 6.07) is 0. The van der Waals surface area contributed by atoms with E-state index in [9.17, 15) is 4.79 Å². The molecule has 0 amide bonds. The SMILES string of the molecule is CC1=CC(=O)CC(C)(C)[C@]12CCC(C)(Cl)C(Br)C2. The number of hydrogen-bond acceptors (Lipinski definition) is 1. The van der Waals surface area contributed by atoms with E-state index in [4.69, 9.17) is 11.6 Å². The van der Waals surface area contributed by atoms with Gasteiger partial charge in [-0.15, -0.1) is 11.6 Å². The number of alkyl halides is 2. The first-order valence-corrected chi connectivity index (χ1v) is 7.95. The Morgan fingerprint density at radius 3 is 2.44 bits per heavy atom. The average molecular weight is 334 g/mol. The number of ketones is 1. The fourth-order valence-corrected chi connectivity index (χ4v) is 4.73. The van der Waals surface area contributed by atoms with Crippen LogP contribution in [0.5, 0.6) is 0 Å². The van der Waals surface area contributed by atoms with Crippen molar-refractivity contribution in [3.8, 4) is 0 Å². The van der Waals surface area contributed by atoms with Crippen LogP contribution < -0.4 is 0 Å². The van der Waals surface area contributed by atoms with Crippen LogP contribution in [0.4, 0.5) is 0 Å². The van der Waals surface area contributed by atoms with Crippen molar-refractivity contribution in [1.29, 1.82) is 0 Å². The van der Waals surface area contributed by atoms with Gasteiger partial charge < -0.3 is 0 Å². The molecule has 0 aliphatic heterocycles. The van der Waals surface area contributed by atoms with Crippen LogP contribution in [0.1, 0.15) is 53.4 Å². The van der Waals surface area contributed by atoms with Crippen molar-refractivity contribution in [3.63, 3.8) is 0 Å². The van der Waals surface area contributed by atoms with Gasteiger partial charge in [0.1, 0.15) is 0 Å². The highest BCUT2D eigenvalue weighted by molar-refractivity contribution is 9.09. The highest BCUT2D eigenvalue weighted by atomic mass is 79.9. The topological polar surface area (TPSA) is 17.1 Å². The Kier molecular flexibility index (Phi) is 3.52. The van der Waals surface area contributed by atoms with Crippen molar-refractivity contribution >= 4 is 33.3 Å². The van der Waals surface area contributed by atoms with E-state index in [-0.39, 0.29) is 21.5 Å². The molecule has 3 heteroatoms. The minimum atomic E-state index is -0.164. The molecule has 1 nitrogen and oxygen atoms in total. The molecular weight excluding hydrogens is 312 g/mol. The molecule has 0 N–H and O–H groups in total. The molecule has 1 spiro atoms. The Labute approximate surface area is 123 Å². The molecule has 1 fully saturated rings. The predicted octanol–water partition coefficient (Wildman–Crippen LogP) is 4.86. The second-order valence-electron chi connectivity index (χ2n) is 6.89. The van der Waals surface area contributed by atoms with E-state index in [0.717, 1.165) is 19.3 Å². The normalized spacial score (nSPS) is 44.0. The third-order valence-corrected chi connectivity index (χ3v) is 7.32. The number of carbonyl (C=O) groups is 1. The average Bonchev–Trinajstić information content (AvgIpc) is 2.19. The maximum absolute atomic E-state index is 11.8. The van der Waals surface area contributed by atoms with Crippen molar-refractivity contribution in [2.45, 2.75) is 63.1 Å². The van der Waals surface area contributed by atoms with Gasteiger partial charge in [0.05, 0.1) is 4.87 Å². The largest absolute Gasteiger partial charge is 0.295 e. The van der Waals surface area contributed by atoms with E-state index in [1.807, 2.05) is 6.08 Å². The zero-order valence-electron chi connectivity index (χ0n) is 11.6. The van der Waals surface area contributed by atoms with Crippen LogP contribution in [0.15, 0.2) is 11.6 Å². The first kappa shape index (κ1) is 14.6. The van der Waals surface area contributed by atoms with E-state index in [1.54, 1.807) is 0 Å². The van der Waals surface area contributed by atoms with Crippen LogP contribution in [0.2, 0.25) is 0 Å². The molecule has 2 rings (SSSR count). The smallest absolute Gasteiger partial charge is 0.156 e. The van der Waals surface area contributed by atoms with Gasteiger partial charge in [0.25, 0.3) is 0 Å². The molecule has 0 heterocycles. The summed E-state index contributed by atoms with van der Waals surface area (Å²) >= 11 is 10.3. The Morgan fingerprint density at radius 1 is 1.33 bits per heavy atom. The zero-order chi connectivity index (χ0) is 13.8. The number of halogens is 2. The zero-order valence-corrected chi connectivity index (χ0v) is 14.0. The lowest BCUT2D eigenvalue weighted by Gasteiger charge is -2.56. The molecule has 2 aliphatic rings. The summed E-state index contributed by atoms with van der Waals surface area (Å²) in [6.07, 6.45) is 5.62. The van der Waals surface area contributed by atoms with E-state index < -0.39 is 0 Å². The first-order chi connectivity index (χ1) is 8.11. The Hall–Kier alpha value is 0.180. The molecule has 3 atom stereocenters. The summed E-state index contributed by atoms with van der Waals surface area (Å²) < 4.78 is 0. The molecule has 0 saturated heterocycles. The molecule has 102 valence electrons. The second-order valence-corrected chi connectivity index (χ2v) is 8.85. The summed E-state index contributed by atoms with van der Waals surface area (Å²) in [5.74, 6) is 0.272. The van der Waals surface area contributed by atoms with Crippen molar-refractivity contribution < 1.29 is 4.79 Å². The lowest BCUT2D eigenvalue weighted by Crippen LogP contribution is -2.51. The number of hydrogen-bond donors (Lipinski definition) is 0. The van der Waals surface area contributed by atoms with Gasteiger partial charge in [0.2, 0.25) is 0 Å². The molecule has 0 radical (unpaired) electrons. The maximum atomic E-state index is 11.8.